The van der Waals surface area contributed by atoms with Crippen molar-refractivity contribution in [1.82, 2.24) is 9.99 Å². The molecule has 0 aliphatic carbocycles. The summed E-state index contributed by atoms with van der Waals surface area (Å²) in [6, 6.07) is 10.4. The number of phenols is 1. The highest BCUT2D eigenvalue weighted by atomic mass is 32.1. The Balaban J connectivity index is 1.31. The number of amides is 2. The minimum Gasteiger partial charge on any atom is -0.504 e. The van der Waals surface area contributed by atoms with Crippen LogP contribution < -0.4 is 10.2 Å². The average Bonchev–Trinajstić information content (AvgIpc) is 3.63. The second-order valence-electron chi connectivity index (χ2n) is 8.11. The van der Waals surface area contributed by atoms with Crippen LogP contribution in [-0.4, -0.2) is 59.6 Å². The molecule has 0 spiro atoms. The highest BCUT2D eigenvalue weighted by Crippen LogP contribution is 2.32. The van der Waals surface area contributed by atoms with Gasteiger partial charge in [-0.15, -0.1) is 0 Å². The number of halogens is 1. The number of carbonyl (C=O) groups excluding carboxylic acids is 2. The van der Waals surface area contributed by atoms with Gasteiger partial charge in [0.05, 0.1) is 17.6 Å². The largest absolute Gasteiger partial charge is 0.504 e. The Labute approximate surface area is 204 Å². The molecule has 0 radical (unpaired) electrons. The van der Waals surface area contributed by atoms with Gasteiger partial charge in [0.2, 0.25) is 0 Å². The second kappa shape index (κ2) is 9.71. The first kappa shape index (κ1) is 22.8. The summed E-state index contributed by atoms with van der Waals surface area (Å²) in [5.41, 5.74) is 2.09. The fourth-order valence-corrected chi connectivity index (χ4v) is 4.75. The van der Waals surface area contributed by atoms with Gasteiger partial charge in [-0.05, 0) is 42.7 Å². The quantitative estimate of drug-likeness (QED) is 0.494. The van der Waals surface area contributed by atoms with Gasteiger partial charge in [0.25, 0.3) is 5.91 Å². The number of cyclic esters (lactones) is 1. The average molecular weight is 496 g/mol. The third-order valence-corrected chi connectivity index (χ3v) is 6.72. The molecule has 35 heavy (non-hydrogen) atoms. The van der Waals surface area contributed by atoms with Gasteiger partial charge in [-0.1, -0.05) is 23.5 Å². The van der Waals surface area contributed by atoms with Gasteiger partial charge in [0, 0.05) is 36.1 Å². The number of nitrogens with one attached hydrogen (secondary N) is 1. The van der Waals surface area contributed by atoms with Crippen molar-refractivity contribution in [2.75, 3.05) is 36.5 Å². The number of aromatic hydroxyl groups is 1. The van der Waals surface area contributed by atoms with Gasteiger partial charge >= 0.3 is 6.09 Å². The Bertz CT molecular complexity index is 1300. The second-order valence-corrected chi connectivity index (χ2v) is 9.14. The maximum Gasteiger partial charge on any atom is 0.430 e. The molecule has 180 valence electrons. The number of rotatable bonds is 6. The Morgan fingerprint density at radius 3 is 2.83 bits per heavy atom. The number of hydrazone groups is 1. The van der Waals surface area contributed by atoms with Crippen LogP contribution in [0.4, 0.5) is 20.0 Å². The van der Waals surface area contributed by atoms with Gasteiger partial charge < -0.3 is 14.7 Å². The first-order chi connectivity index (χ1) is 17.0. The number of benzene rings is 2. The number of carbonyl (C=O) groups is 2. The van der Waals surface area contributed by atoms with Crippen molar-refractivity contribution in [2.45, 2.75) is 12.8 Å². The number of nitrogens with zero attached hydrogens (tertiary/aromatic N) is 4. The fourth-order valence-electron chi connectivity index (χ4n) is 3.94. The summed E-state index contributed by atoms with van der Waals surface area (Å²) >= 11 is 1.31. The molecule has 0 unspecified atom stereocenters. The van der Waals surface area contributed by atoms with Crippen molar-refractivity contribution >= 4 is 40.4 Å². The van der Waals surface area contributed by atoms with Crippen LogP contribution in [0.1, 0.15) is 28.8 Å². The summed E-state index contributed by atoms with van der Waals surface area (Å²) in [5.74, 6) is -2.25. The Morgan fingerprint density at radius 1 is 1.23 bits per heavy atom. The molecule has 0 atom stereocenters. The lowest BCUT2D eigenvalue weighted by atomic mass is 10.1. The summed E-state index contributed by atoms with van der Waals surface area (Å²) < 4.78 is 19.1. The van der Waals surface area contributed by atoms with Crippen LogP contribution in [0, 0.1) is 5.82 Å². The lowest BCUT2D eigenvalue weighted by Gasteiger charge is -2.18. The molecule has 0 bridgehead atoms. The number of phenolic OH excluding ortho intramolecular Hbond substituents is 1. The van der Waals surface area contributed by atoms with Crippen molar-refractivity contribution in [2.24, 2.45) is 5.10 Å². The Morgan fingerprint density at radius 2 is 2.06 bits per heavy atom. The highest BCUT2D eigenvalue weighted by Gasteiger charge is 2.21. The van der Waals surface area contributed by atoms with E-state index in [0.29, 0.717) is 5.13 Å². The monoisotopic (exact) mass is 495 g/mol. The third-order valence-electron chi connectivity index (χ3n) is 5.76. The van der Waals surface area contributed by atoms with E-state index in [0.717, 1.165) is 46.5 Å². The van der Waals surface area contributed by atoms with E-state index in [2.05, 4.69) is 32.4 Å². The number of aromatic nitrogens is 1. The van der Waals surface area contributed by atoms with Crippen molar-refractivity contribution in [3.05, 3.63) is 59.5 Å². The van der Waals surface area contributed by atoms with Crippen molar-refractivity contribution in [1.29, 1.82) is 0 Å². The van der Waals surface area contributed by atoms with Crippen LogP contribution in [-0.2, 0) is 4.74 Å². The van der Waals surface area contributed by atoms with Gasteiger partial charge in [-0.25, -0.2) is 14.2 Å². The van der Waals surface area contributed by atoms with Gasteiger partial charge in [-0.2, -0.15) is 10.1 Å². The van der Waals surface area contributed by atoms with Crippen LogP contribution >= 0.6 is 11.3 Å². The maximum atomic E-state index is 14.3. The van der Waals surface area contributed by atoms with Crippen LogP contribution in [0.5, 0.6) is 5.75 Å². The minimum absolute atomic E-state index is 0.0291. The molecule has 3 aromatic rings. The van der Waals surface area contributed by atoms with E-state index >= 15 is 0 Å². The first-order valence-corrected chi connectivity index (χ1v) is 11.9. The fraction of sp³-hybridized carbons (Fsp3) is 0.250. The molecule has 2 fully saturated rings. The number of hydrogen-bond donors (Lipinski definition) is 2. The van der Waals surface area contributed by atoms with E-state index in [1.165, 1.54) is 30.2 Å². The summed E-state index contributed by atoms with van der Waals surface area (Å²) in [4.78, 5) is 31.8. The maximum absolute atomic E-state index is 14.3. The molecule has 1 aromatic heterocycles. The molecular weight excluding hydrogens is 473 g/mol. The number of hydrogen-bond acceptors (Lipinski definition) is 8. The topological polar surface area (TPSA) is 107 Å². The summed E-state index contributed by atoms with van der Waals surface area (Å²) in [6.45, 7) is 2.53. The standard InChI is InChI=1S/C24H22FN5O4S/c25-19-12-16(10-17(21(19)31)13-27-30-8-9-34-24(30)33)22(32)28-23-26-14-20(35-23)15-4-3-5-18(11-15)29-6-1-2-7-29/h3-5,10-14,31H,1-2,6-9H2,(H,26,28,32)/b27-13+. The molecule has 2 aliphatic heterocycles. The number of thiazole rings is 1. The zero-order valence-corrected chi connectivity index (χ0v) is 19.4. The third kappa shape index (κ3) is 4.94. The molecule has 2 saturated heterocycles. The van der Waals surface area contributed by atoms with E-state index < -0.39 is 23.6 Å². The molecule has 0 saturated carbocycles. The van der Waals surface area contributed by atoms with Crippen LogP contribution in [0.2, 0.25) is 0 Å². The predicted octanol–water partition coefficient (Wildman–Crippen LogP) is 4.29. The molecule has 2 N–H and O–H groups in total. The summed E-state index contributed by atoms with van der Waals surface area (Å²) in [6.07, 6.45) is 4.54. The number of anilines is 2. The molecule has 2 amide bonds. The van der Waals surface area contributed by atoms with Gasteiger partial charge in [0.1, 0.15) is 6.61 Å². The van der Waals surface area contributed by atoms with E-state index in [4.69, 9.17) is 4.74 Å². The predicted molar refractivity (Wildman–Crippen MR) is 131 cm³/mol. The van der Waals surface area contributed by atoms with Gasteiger partial charge in [-0.3, -0.25) is 10.1 Å². The highest BCUT2D eigenvalue weighted by molar-refractivity contribution is 7.19. The zero-order chi connectivity index (χ0) is 24.4. The smallest absolute Gasteiger partial charge is 0.430 e. The lowest BCUT2D eigenvalue weighted by molar-refractivity contribution is 0.102. The normalized spacial score (nSPS) is 15.7. The van der Waals surface area contributed by atoms with Crippen LogP contribution in [0.15, 0.2) is 47.7 Å². The van der Waals surface area contributed by atoms with Crippen LogP contribution in [0.25, 0.3) is 10.4 Å². The summed E-state index contributed by atoms with van der Waals surface area (Å²) in [7, 11) is 0. The van der Waals surface area contributed by atoms with Crippen molar-refractivity contribution in [3.63, 3.8) is 0 Å². The van der Waals surface area contributed by atoms with E-state index in [-0.39, 0.29) is 24.3 Å². The molecule has 11 heteroatoms. The minimum atomic E-state index is -0.985. The Kier molecular flexibility index (Phi) is 6.32. The van der Waals surface area contributed by atoms with Crippen molar-refractivity contribution in [3.8, 4) is 16.2 Å². The molecule has 2 aliphatic rings. The van der Waals surface area contributed by atoms with Crippen LogP contribution in [0.3, 0.4) is 0 Å². The molecule has 3 heterocycles. The van der Waals surface area contributed by atoms with E-state index in [9.17, 15) is 19.1 Å². The van der Waals surface area contributed by atoms with E-state index in [1.54, 1.807) is 6.20 Å². The molecule has 2 aromatic carbocycles. The first-order valence-electron chi connectivity index (χ1n) is 11.1. The molecule has 5 rings (SSSR count). The number of ether oxygens (including phenoxy) is 1. The SMILES string of the molecule is O=C(Nc1ncc(-c2cccc(N3CCCC3)c2)s1)c1cc(F)c(O)c(/C=N/N2CCOC2=O)c1. The summed E-state index contributed by atoms with van der Waals surface area (Å²) in [5, 5.41) is 18.0. The van der Waals surface area contributed by atoms with E-state index in [1.807, 2.05) is 12.1 Å². The van der Waals surface area contributed by atoms with Crippen molar-refractivity contribution < 1.29 is 23.8 Å². The molecule has 9 nitrogen and oxygen atoms in total. The molecular formula is C24H22FN5O4S. The van der Waals surface area contributed by atoms with Gasteiger partial charge in [0.15, 0.2) is 16.7 Å². The Hall–Kier alpha value is -3.99. The zero-order valence-electron chi connectivity index (χ0n) is 18.6. The lowest BCUT2D eigenvalue weighted by Crippen LogP contribution is -2.17.